The quantitative estimate of drug-likeness (QED) is 0.745. The van der Waals surface area contributed by atoms with Gasteiger partial charge in [-0.15, -0.1) is 10.2 Å². The molecule has 0 atom stereocenters. The molecule has 0 bridgehead atoms. The SMILES string of the molecule is CC(C)(C)c1nnc(NC(=O)CCCn2cnc3ccccc3c2=O)s1. The van der Waals surface area contributed by atoms with E-state index in [4.69, 9.17) is 0 Å². The fraction of sp³-hybridized carbons (Fsp3) is 0.389. The Balaban J connectivity index is 1.56. The van der Waals surface area contributed by atoms with Crippen LogP contribution in [0.3, 0.4) is 0 Å². The number of nitrogens with one attached hydrogen (secondary N) is 1. The minimum absolute atomic E-state index is 0.0880. The summed E-state index contributed by atoms with van der Waals surface area (Å²) in [5.74, 6) is -0.136. The van der Waals surface area contributed by atoms with Gasteiger partial charge < -0.3 is 5.32 Å². The van der Waals surface area contributed by atoms with Crippen molar-refractivity contribution in [3.8, 4) is 0 Å². The fourth-order valence-corrected chi connectivity index (χ4v) is 3.25. The molecule has 26 heavy (non-hydrogen) atoms. The predicted molar refractivity (Wildman–Crippen MR) is 102 cm³/mol. The van der Waals surface area contributed by atoms with Gasteiger partial charge in [0.25, 0.3) is 5.56 Å². The topological polar surface area (TPSA) is 89.8 Å². The van der Waals surface area contributed by atoms with E-state index < -0.39 is 0 Å². The lowest BCUT2D eigenvalue weighted by Gasteiger charge is -2.12. The third kappa shape index (κ3) is 4.13. The lowest BCUT2D eigenvalue weighted by atomic mass is 9.98. The standard InChI is InChI=1S/C18H21N5O2S/c1-18(2,3)16-21-22-17(26-16)20-14(24)9-6-10-23-11-19-13-8-5-4-7-12(13)15(23)25/h4-5,7-8,11H,6,9-10H2,1-3H3,(H,20,22,24). The average molecular weight is 371 g/mol. The van der Waals surface area contributed by atoms with Crippen molar-refractivity contribution in [1.29, 1.82) is 0 Å². The van der Waals surface area contributed by atoms with E-state index in [9.17, 15) is 9.59 Å². The van der Waals surface area contributed by atoms with Crippen LogP contribution in [0, 0.1) is 0 Å². The first kappa shape index (κ1) is 18.2. The third-order valence-corrected chi connectivity index (χ3v) is 5.11. The molecule has 136 valence electrons. The Kier molecular flexibility index (Phi) is 5.13. The van der Waals surface area contributed by atoms with Crippen molar-refractivity contribution < 1.29 is 4.79 Å². The van der Waals surface area contributed by atoms with Crippen LogP contribution in [0.15, 0.2) is 35.4 Å². The zero-order valence-corrected chi connectivity index (χ0v) is 15.8. The Hall–Kier alpha value is -2.61. The lowest BCUT2D eigenvalue weighted by Crippen LogP contribution is -2.21. The number of carbonyl (C=O) groups is 1. The third-order valence-electron chi connectivity index (χ3n) is 3.85. The van der Waals surface area contributed by atoms with E-state index in [0.717, 1.165) is 5.01 Å². The molecular weight excluding hydrogens is 350 g/mol. The highest BCUT2D eigenvalue weighted by Crippen LogP contribution is 2.27. The number of para-hydroxylation sites is 1. The zero-order chi connectivity index (χ0) is 18.7. The molecule has 2 aromatic heterocycles. The van der Waals surface area contributed by atoms with Gasteiger partial charge in [0, 0.05) is 18.4 Å². The Morgan fingerprint density at radius 3 is 2.73 bits per heavy atom. The second kappa shape index (κ2) is 7.33. The minimum atomic E-state index is -0.136. The summed E-state index contributed by atoms with van der Waals surface area (Å²) in [7, 11) is 0. The highest BCUT2D eigenvalue weighted by Gasteiger charge is 2.19. The summed E-state index contributed by atoms with van der Waals surface area (Å²) >= 11 is 1.38. The molecule has 0 saturated carbocycles. The lowest BCUT2D eigenvalue weighted by molar-refractivity contribution is -0.116. The predicted octanol–water partition coefficient (Wildman–Crippen LogP) is 2.96. The van der Waals surface area contributed by atoms with Crippen LogP contribution in [0.2, 0.25) is 0 Å². The number of nitrogens with zero attached hydrogens (tertiary/aromatic N) is 4. The van der Waals surface area contributed by atoms with Gasteiger partial charge in [0.1, 0.15) is 5.01 Å². The number of anilines is 1. The van der Waals surface area contributed by atoms with Crippen molar-refractivity contribution in [2.75, 3.05) is 5.32 Å². The molecule has 0 aliphatic heterocycles. The van der Waals surface area contributed by atoms with Crippen molar-refractivity contribution in [3.05, 3.63) is 46.0 Å². The van der Waals surface area contributed by atoms with E-state index in [-0.39, 0.29) is 16.9 Å². The molecule has 0 aliphatic rings. The molecular formula is C18H21N5O2S. The highest BCUT2D eigenvalue weighted by atomic mass is 32.1. The first-order chi connectivity index (χ1) is 12.3. The van der Waals surface area contributed by atoms with Gasteiger partial charge in [-0.25, -0.2) is 4.98 Å². The van der Waals surface area contributed by atoms with Gasteiger partial charge in [-0.05, 0) is 18.6 Å². The van der Waals surface area contributed by atoms with Gasteiger partial charge in [0.05, 0.1) is 17.2 Å². The molecule has 0 aliphatic carbocycles. The summed E-state index contributed by atoms with van der Waals surface area (Å²) in [5.41, 5.74) is 0.498. The first-order valence-corrected chi connectivity index (χ1v) is 9.24. The zero-order valence-electron chi connectivity index (χ0n) is 15.0. The molecule has 0 unspecified atom stereocenters. The maximum atomic E-state index is 12.4. The molecule has 3 aromatic rings. The number of aryl methyl sites for hydroxylation is 1. The van der Waals surface area contributed by atoms with Crippen molar-refractivity contribution in [1.82, 2.24) is 19.7 Å². The van der Waals surface area contributed by atoms with Gasteiger partial charge >= 0.3 is 0 Å². The maximum absolute atomic E-state index is 12.4. The van der Waals surface area contributed by atoms with Crippen LogP contribution >= 0.6 is 11.3 Å². The Morgan fingerprint density at radius 2 is 2.00 bits per heavy atom. The second-order valence-corrected chi connectivity index (χ2v) is 8.05. The van der Waals surface area contributed by atoms with Crippen molar-refractivity contribution in [2.24, 2.45) is 0 Å². The molecule has 1 N–H and O–H groups in total. The highest BCUT2D eigenvalue weighted by molar-refractivity contribution is 7.15. The van der Waals surface area contributed by atoms with Gasteiger partial charge in [0.15, 0.2) is 0 Å². The van der Waals surface area contributed by atoms with Gasteiger partial charge in [-0.2, -0.15) is 0 Å². The molecule has 0 spiro atoms. The number of amides is 1. The van der Waals surface area contributed by atoms with Crippen molar-refractivity contribution >= 4 is 33.3 Å². The van der Waals surface area contributed by atoms with Crippen LogP contribution in [-0.4, -0.2) is 25.7 Å². The number of aromatic nitrogens is 4. The van der Waals surface area contributed by atoms with Gasteiger partial charge in [-0.3, -0.25) is 14.2 Å². The fourth-order valence-electron chi connectivity index (χ4n) is 2.43. The first-order valence-electron chi connectivity index (χ1n) is 8.42. The Labute approximate surface area is 155 Å². The molecule has 3 rings (SSSR count). The van der Waals surface area contributed by atoms with Crippen LogP contribution in [0.1, 0.15) is 38.6 Å². The van der Waals surface area contributed by atoms with Crippen LogP contribution < -0.4 is 10.9 Å². The molecule has 0 fully saturated rings. The monoisotopic (exact) mass is 371 g/mol. The van der Waals surface area contributed by atoms with E-state index in [2.05, 4.69) is 41.3 Å². The van der Waals surface area contributed by atoms with Gasteiger partial charge in [-0.1, -0.05) is 44.2 Å². The maximum Gasteiger partial charge on any atom is 0.261 e. The second-order valence-electron chi connectivity index (χ2n) is 7.07. The van der Waals surface area contributed by atoms with E-state index in [1.807, 2.05) is 18.2 Å². The van der Waals surface area contributed by atoms with Crippen LogP contribution in [0.5, 0.6) is 0 Å². The summed E-state index contributed by atoms with van der Waals surface area (Å²) < 4.78 is 1.54. The van der Waals surface area contributed by atoms with E-state index in [0.29, 0.717) is 35.4 Å². The number of carbonyl (C=O) groups excluding carboxylic acids is 1. The molecule has 2 heterocycles. The minimum Gasteiger partial charge on any atom is -0.301 e. The van der Waals surface area contributed by atoms with Crippen LogP contribution in [-0.2, 0) is 16.8 Å². The normalized spacial score (nSPS) is 11.7. The largest absolute Gasteiger partial charge is 0.301 e. The van der Waals surface area contributed by atoms with E-state index >= 15 is 0 Å². The molecule has 8 heteroatoms. The van der Waals surface area contributed by atoms with E-state index in [1.54, 1.807) is 6.07 Å². The van der Waals surface area contributed by atoms with Crippen LogP contribution in [0.4, 0.5) is 5.13 Å². The molecule has 1 amide bonds. The number of rotatable bonds is 5. The summed E-state index contributed by atoms with van der Waals surface area (Å²) in [5, 5.41) is 12.9. The Morgan fingerprint density at radius 1 is 1.23 bits per heavy atom. The Bertz CT molecular complexity index is 987. The number of fused-ring (bicyclic) bond motifs is 1. The summed E-state index contributed by atoms with van der Waals surface area (Å²) in [6, 6.07) is 7.23. The smallest absolute Gasteiger partial charge is 0.261 e. The van der Waals surface area contributed by atoms with E-state index in [1.165, 1.54) is 22.2 Å². The molecule has 0 radical (unpaired) electrons. The van der Waals surface area contributed by atoms with Gasteiger partial charge in [0.2, 0.25) is 11.0 Å². The molecule has 0 saturated heterocycles. The average Bonchev–Trinajstić information content (AvgIpc) is 3.06. The number of benzene rings is 1. The summed E-state index contributed by atoms with van der Waals surface area (Å²) in [6.45, 7) is 6.59. The summed E-state index contributed by atoms with van der Waals surface area (Å²) in [4.78, 5) is 28.8. The van der Waals surface area contributed by atoms with Crippen molar-refractivity contribution in [2.45, 2.75) is 45.6 Å². The van der Waals surface area contributed by atoms with Crippen molar-refractivity contribution in [3.63, 3.8) is 0 Å². The summed E-state index contributed by atoms with van der Waals surface area (Å²) in [6.07, 6.45) is 2.36. The number of hydrogen-bond acceptors (Lipinski definition) is 6. The molecule has 7 nitrogen and oxygen atoms in total. The molecule has 1 aromatic carbocycles. The number of hydrogen-bond donors (Lipinski definition) is 1. The van der Waals surface area contributed by atoms with Crippen LogP contribution in [0.25, 0.3) is 10.9 Å².